The van der Waals surface area contributed by atoms with Crippen LogP contribution in [0.3, 0.4) is 0 Å². The highest BCUT2D eigenvalue weighted by Crippen LogP contribution is 2.28. The van der Waals surface area contributed by atoms with Crippen molar-refractivity contribution in [1.29, 1.82) is 0 Å². The summed E-state index contributed by atoms with van der Waals surface area (Å²) in [6.07, 6.45) is 1.32. The fourth-order valence-corrected chi connectivity index (χ4v) is 1.70. The molecule has 8 heteroatoms. The number of nitrogen functional groups attached to an aromatic ring is 1. The van der Waals surface area contributed by atoms with Crippen LogP contribution in [0.15, 0.2) is 6.33 Å². The molecule has 0 spiro atoms. The Labute approximate surface area is 103 Å². The Kier molecular flexibility index (Phi) is 2.57. The van der Waals surface area contributed by atoms with Gasteiger partial charge in [-0.3, -0.25) is 9.36 Å². The largest absolute Gasteiger partial charge is 0.479 e. The zero-order chi connectivity index (χ0) is 13.5. The summed E-state index contributed by atoms with van der Waals surface area (Å²) in [5.74, 6) is -0.107. The summed E-state index contributed by atoms with van der Waals surface area (Å²) in [6, 6.07) is 0. The van der Waals surface area contributed by atoms with E-state index in [0.29, 0.717) is 17.0 Å². The van der Waals surface area contributed by atoms with E-state index in [1.54, 1.807) is 13.8 Å². The van der Waals surface area contributed by atoms with Gasteiger partial charge in [0.05, 0.1) is 7.11 Å². The second kappa shape index (κ2) is 3.83. The Morgan fingerprint density at radius 3 is 2.67 bits per heavy atom. The molecule has 0 radical (unpaired) electrons. The van der Waals surface area contributed by atoms with Gasteiger partial charge in [0.2, 0.25) is 17.7 Å². The van der Waals surface area contributed by atoms with E-state index in [2.05, 4.69) is 15.0 Å². The van der Waals surface area contributed by atoms with Gasteiger partial charge in [0.1, 0.15) is 11.9 Å². The number of imidazole rings is 1. The topological polar surface area (TPSA) is 122 Å². The van der Waals surface area contributed by atoms with Crippen LogP contribution >= 0.6 is 0 Å². The number of methoxy groups -OCH3 is 1. The Hall–Kier alpha value is -2.38. The fourth-order valence-electron chi connectivity index (χ4n) is 1.70. The highest BCUT2D eigenvalue weighted by molar-refractivity contribution is 5.87. The number of rotatable bonds is 3. The van der Waals surface area contributed by atoms with E-state index in [4.69, 9.17) is 16.2 Å². The molecule has 0 aliphatic heterocycles. The number of aromatic nitrogens is 4. The van der Waals surface area contributed by atoms with Crippen molar-refractivity contribution in [3.63, 3.8) is 0 Å². The van der Waals surface area contributed by atoms with Gasteiger partial charge in [0.15, 0.2) is 11.2 Å². The molecule has 0 saturated carbocycles. The monoisotopic (exact) mass is 250 g/mol. The molecular weight excluding hydrogens is 236 g/mol. The summed E-state index contributed by atoms with van der Waals surface area (Å²) >= 11 is 0. The second-order valence-electron chi connectivity index (χ2n) is 4.28. The Bertz CT molecular complexity index is 618. The highest BCUT2D eigenvalue weighted by atomic mass is 16.5. The van der Waals surface area contributed by atoms with Crippen LogP contribution in [0, 0.1) is 0 Å². The summed E-state index contributed by atoms with van der Waals surface area (Å²) in [5, 5.41) is 0. The lowest BCUT2D eigenvalue weighted by Gasteiger charge is -2.23. The lowest BCUT2D eigenvalue weighted by atomic mass is 10.1. The van der Waals surface area contributed by atoms with Gasteiger partial charge in [0.25, 0.3) is 0 Å². The van der Waals surface area contributed by atoms with E-state index in [1.807, 2.05) is 0 Å². The number of carbonyl (C=O) groups is 1. The molecule has 0 atom stereocenters. The predicted octanol–water partition coefficient (Wildman–Crippen LogP) is -0.362. The minimum atomic E-state index is -1.04. The van der Waals surface area contributed by atoms with Gasteiger partial charge in [-0.25, -0.2) is 9.97 Å². The molecule has 4 N–H and O–H groups in total. The van der Waals surface area contributed by atoms with Crippen LogP contribution in [0.4, 0.5) is 5.95 Å². The van der Waals surface area contributed by atoms with Crippen LogP contribution in [0.1, 0.15) is 13.8 Å². The average Bonchev–Trinajstić information content (AvgIpc) is 2.64. The van der Waals surface area contributed by atoms with Gasteiger partial charge in [0, 0.05) is 0 Å². The first-order chi connectivity index (χ1) is 8.39. The van der Waals surface area contributed by atoms with Gasteiger partial charge >= 0.3 is 0 Å². The molecule has 1 amide bonds. The summed E-state index contributed by atoms with van der Waals surface area (Å²) < 4.78 is 6.54. The number of hydrogen-bond acceptors (Lipinski definition) is 6. The predicted molar refractivity (Wildman–Crippen MR) is 64.8 cm³/mol. The molecule has 0 aromatic carbocycles. The Morgan fingerprint density at radius 2 is 2.11 bits per heavy atom. The molecule has 96 valence electrons. The zero-order valence-corrected chi connectivity index (χ0v) is 10.3. The van der Waals surface area contributed by atoms with Gasteiger partial charge in [-0.2, -0.15) is 4.98 Å². The number of nitrogens with zero attached hydrogens (tertiary/aromatic N) is 4. The Morgan fingerprint density at radius 1 is 1.44 bits per heavy atom. The first kappa shape index (κ1) is 12.1. The molecule has 0 aliphatic rings. The summed E-state index contributed by atoms with van der Waals surface area (Å²) in [7, 11) is 1.47. The molecule has 8 nitrogen and oxygen atoms in total. The molecule has 0 aliphatic carbocycles. The fraction of sp³-hybridized carbons (Fsp3) is 0.400. The van der Waals surface area contributed by atoms with Crippen molar-refractivity contribution in [2.24, 2.45) is 5.73 Å². The Balaban J connectivity index is 2.80. The normalized spacial score (nSPS) is 11.7. The second-order valence-corrected chi connectivity index (χ2v) is 4.28. The standard InChI is InChI=1S/C10H14N6O2/c1-10(2,8(11)17)16-6-5(15-9(16)12)7(18-3)14-4-13-6/h4H,1-3H3,(H2,11,17)(H2,12,15). The molecule has 0 bridgehead atoms. The van der Waals surface area contributed by atoms with Gasteiger partial charge in [-0.05, 0) is 13.8 Å². The number of ether oxygens (including phenoxy) is 1. The van der Waals surface area contributed by atoms with E-state index in [1.165, 1.54) is 18.0 Å². The molecule has 2 aromatic heterocycles. The molecule has 0 unspecified atom stereocenters. The van der Waals surface area contributed by atoms with Crippen LogP contribution < -0.4 is 16.2 Å². The third-order valence-corrected chi connectivity index (χ3v) is 2.79. The number of primary amides is 1. The molecule has 2 rings (SSSR count). The maximum Gasteiger partial charge on any atom is 0.245 e. The summed E-state index contributed by atoms with van der Waals surface area (Å²) in [6.45, 7) is 3.28. The average molecular weight is 250 g/mol. The van der Waals surface area contributed by atoms with E-state index in [-0.39, 0.29) is 5.95 Å². The van der Waals surface area contributed by atoms with Crippen molar-refractivity contribution in [2.75, 3.05) is 12.8 Å². The van der Waals surface area contributed by atoms with Crippen molar-refractivity contribution < 1.29 is 9.53 Å². The molecular formula is C10H14N6O2. The van der Waals surface area contributed by atoms with E-state index >= 15 is 0 Å². The maximum atomic E-state index is 11.5. The maximum absolute atomic E-state index is 11.5. The van der Waals surface area contributed by atoms with Crippen LogP contribution in [0.2, 0.25) is 0 Å². The third-order valence-electron chi connectivity index (χ3n) is 2.79. The van der Waals surface area contributed by atoms with E-state index in [9.17, 15) is 4.79 Å². The molecule has 2 heterocycles. The first-order valence-corrected chi connectivity index (χ1v) is 5.23. The van der Waals surface area contributed by atoms with Crippen molar-refractivity contribution in [2.45, 2.75) is 19.4 Å². The number of hydrogen-bond donors (Lipinski definition) is 2. The van der Waals surface area contributed by atoms with Crippen molar-refractivity contribution in [3.8, 4) is 5.88 Å². The first-order valence-electron chi connectivity index (χ1n) is 5.23. The lowest BCUT2D eigenvalue weighted by Crippen LogP contribution is -2.41. The van der Waals surface area contributed by atoms with Gasteiger partial charge in [-0.1, -0.05) is 0 Å². The van der Waals surface area contributed by atoms with Crippen LogP contribution in [-0.4, -0.2) is 32.5 Å². The van der Waals surface area contributed by atoms with E-state index in [0.717, 1.165) is 0 Å². The minimum absolute atomic E-state index is 0.132. The number of nitrogens with two attached hydrogens (primary N) is 2. The van der Waals surface area contributed by atoms with Gasteiger partial charge < -0.3 is 16.2 Å². The number of fused-ring (bicyclic) bond motifs is 1. The quantitative estimate of drug-likeness (QED) is 0.766. The third kappa shape index (κ3) is 1.53. The molecule has 0 fully saturated rings. The number of anilines is 1. The lowest BCUT2D eigenvalue weighted by molar-refractivity contribution is -0.124. The molecule has 2 aromatic rings. The van der Waals surface area contributed by atoms with Crippen molar-refractivity contribution in [1.82, 2.24) is 19.5 Å². The van der Waals surface area contributed by atoms with Crippen LogP contribution in [-0.2, 0) is 10.3 Å². The van der Waals surface area contributed by atoms with Crippen LogP contribution in [0.5, 0.6) is 5.88 Å². The van der Waals surface area contributed by atoms with Gasteiger partial charge in [-0.15, -0.1) is 0 Å². The molecule has 0 saturated heterocycles. The molecule has 18 heavy (non-hydrogen) atoms. The SMILES string of the molecule is COc1ncnc2c1nc(N)n2C(C)(C)C(N)=O. The van der Waals surface area contributed by atoms with E-state index < -0.39 is 11.4 Å². The smallest absolute Gasteiger partial charge is 0.245 e. The zero-order valence-electron chi connectivity index (χ0n) is 10.3. The number of amides is 1. The summed E-state index contributed by atoms with van der Waals surface area (Å²) in [4.78, 5) is 23.6. The highest BCUT2D eigenvalue weighted by Gasteiger charge is 2.32. The number of carbonyl (C=O) groups excluding carboxylic acids is 1. The van der Waals surface area contributed by atoms with Crippen LogP contribution in [0.25, 0.3) is 11.2 Å². The minimum Gasteiger partial charge on any atom is -0.479 e. The van der Waals surface area contributed by atoms with Crippen molar-refractivity contribution >= 4 is 23.0 Å². The van der Waals surface area contributed by atoms with Crippen molar-refractivity contribution in [3.05, 3.63) is 6.33 Å². The summed E-state index contributed by atoms with van der Waals surface area (Å²) in [5.41, 5.74) is 11.0.